The molecule has 2 heterocycles. The Kier molecular flexibility index (Phi) is 7.48. The standard InChI is InChI=1S/C16H31N3O5S/c1-4-23-12-15-11-18(9-10-24-15)16(20)17-14-5-7-19(8-6-14)25(21,22)13(2)3/h13-15H,4-12H2,1-3H3,(H,17,20). The number of nitrogens with one attached hydrogen (secondary N) is 1. The van der Waals surface area contributed by atoms with E-state index < -0.39 is 15.3 Å². The first-order valence-corrected chi connectivity index (χ1v) is 10.6. The number of carbonyl (C=O) groups excluding carboxylic acids is 1. The first kappa shape index (κ1) is 20.4. The second kappa shape index (κ2) is 9.16. The topological polar surface area (TPSA) is 88.2 Å². The van der Waals surface area contributed by atoms with Gasteiger partial charge in [-0.25, -0.2) is 17.5 Å². The third-order valence-corrected chi connectivity index (χ3v) is 6.95. The van der Waals surface area contributed by atoms with Crippen molar-refractivity contribution in [1.29, 1.82) is 0 Å². The molecule has 0 aromatic heterocycles. The average Bonchev–Trinajstić information content (AvgIpc) is 2.60. The van der Waals surface area contributed by atoms with Gasteiger partial charge in [0, 0.05) is 32.3 Å². The molecule has 1 atom stereocenters. The highest BCUT2D eigenvalue weighted by Crippen LogP contribution is 2.17. The van der Waals surface area contributed by atoms with Gasteiger partial charge in [-0.3, -0.25) is 0 Å². The van der Waals surface area contributed by atoms with E-state index in [1.54, 1.807) is 18.7 Å². The molecule has 146 valence electrons. The predicted molar refractivity (Wildman–Crippen MR) is 95.0 cm³/mol. The van der Waals surface area contributed by atoms with E-state index in [9.17, 15) is 13.2 Å². The van der Waals surface area contributed by atoms with Crippen molar-refractivity contribution in [3.8, 4) is 0 Å². The number of piperidine rings is 1. The van der Waals surface area contributed by atoms with Gasteiger partial charge in [0.1, 0.15) is 0 Å². The molecule has 25 heavy (non-hydrogen) atoms. The van der Waals surface area contributed by atoms with Gasteiger partial charge >= 0.3 is 6.03 Å². The summed E-state index contributed by atoms with van der Waals surface area (Å²) in [6, 6.07) is -0.0886. The van der Waals surface area contributed by atoms with Crippen LogP contribution in [0.3, 0.4) is 0 Å². The Morgan fingerprint density at radius 3 is 2.56 bits per heavy atom. The molecule has 1 N–H and O–H groups in total. The van der Waals surface area contributed by atoms with E-state index in [4.69, 9.17) is 9.47 Å². The number of hydrogen-bond acceptors (Lipinski definition) is 5. The summed E-state index contributed by atoms with van der Waals surface area (Å²) in [4.78, 5) is 14.2. The zero-order valence-corrected chi connectivity index (χ0v) is 16.3. The maximum Gasteiger partial charge on any atom is 0.317 e. The van der Waals surface area contributed by atoms with Crippen LogP contribution in [-0.2, 0) is 19.5 Å². The van der Waals surface area contributed by atoms with Gasteiger partial charge in [0.2, 0.25) is 10.0 Å². The molecule has 2 aliphatic heterocycles. The Balaban J connectivity index is 1.78. The number of ether oxygens (including phenoxy) is 2. The SMILES string of the molecule is CCOCC1CN(C(=O)NC2CCN(S(=O)(=O)C(C)C)CC2)CCO1. The highest BCUT2D eigenvalue weighted by Gasteiger charge is 2.32. The number of nitrogens with zero attached hydrogens (tertiary/aromatic N) is 2. The molecular formula is C16H31N3O5S. The Labute approximate surface area is 150 Å². The van der Waals surface area contributed by atoms with Crippen molar-refractivity contribution in [1.82, 2.24) is 14.5 Å². The monoisotopic (exact) mass is 377 g/mol. The summed E-state index contributed by atoms with van der Waals surface area (Å²) in [5.41, 5.74) is 0. The van der Waals surface area contributed by atoms with E-state index in [1.807, 2.05) is 6.92 Å². The van der Waals surface area contributed by atoms with Crippen molar-refractivity contribution in [2.75, 3.05) is 46.0 Å². The molecule has 1 unspecified atom stereocenters. The van der Waals surface area contributed by atoms with E-state index in [0.29, 0.717) is 58.8 Å². The van der Waals surface area contributed by atoms with E-state index in [0.717, 1.165) is 0 Å². The zero-order chi connectivity index (χ0) is 18.4. The number of morpholine rings is 1. The van der Waals surface area contributed by atoms with Crippen LogP contribution in [0.25, 0.3) is 0 Å². The van der Waals surface area contributed by atoms with Crippen molar-refractivity contribution in [3.63, 3.8) is 0 Å². The molecule has 0 radical (unpaired) electrons. The molecule has 0 aliphatic carbocycles. The highest BCUT2D eigenvalue weighted by molar-refractivity contribution is 7.89. The van der Waals surface area contributed by atoms with Gasteiger partial charge < -0.3 is 19.7 Å². The Hall–Kier alpha value is -0.900. The summed E-state index contributed by atoms with van der Waals surface area (Å²) in [5, 5.41) is 2.63. The quantitative estimate of drug-likeness (QED) is 0.734. The summed E-state index contributed by atoms with van der Waals surface area (Å²) in [7, 11) is -3.21. The number of sulfonamides is 1. The van der Waals surface area contributed by atoms with Gasteiger partial charge in [-0.15, -0.1) is 0 Å². The van der Waals surface area contributed by atoms with Crippen LogP contribution in [0.1, 0.15) is 33.6 Å². The number of carbonyl (C=O) groups is 1. The maximum absolute atomic E-state index is 12.5. The number of urea groups is 1. The van der Waals surface area contributed by atoms with Crippen LogP contribution in [0.4, 0.5) is 4.79 Å². The molecule has 0 aromatic carbocycles. The Bertz CT molecular complexity index is 532. The average molecular weight is 378 g/mol. The van der Waals surface area contributed by atoms with Crippen LogP contribution < -0.4 is 5.32 Å². The summed E-state index contributed by atoms with van der Waals surface area (Å²) in [5.74, 6) is 0. The molecule has 0 saturated carbocycles. The number of rotatable bonds is 6. The first-order chi connectivity index (χ1) is 11.8. The van der Waals surface area contributed by atoms with Crippen LogP contribution in [0.15, 0.2) is 0 Å². The lowest BCUT2D eigenvalue weighted by Crippen LogP contribution is -2.54. The molecular weight excluding hydrogens is 346 g/mol. The number of amides is 2. The highest BCUT2D eigenvalue weighted by atomic mass is 32.2. The lowest BCUT2D eigenvalue weighted by molar-refractivity contribution is -0.0569. The minimum Gasteiger partial charge on any atom is -0.379 e. The van der Waals surface area contributed by atoms with Gasteiger partial charge in [0.05, 0.1) is 31.1 Å². The molecule has 8 nitrogen and oxygen atoms in total. The molecule has 2 fully saturated rings. The van der Waals surface area contributed by atoms with Crippen molar-refractivity contribution >= 4 is 16.1 Å². The van der Waals surface area contributed by atoms with E-state index in [1.165, 1.54) is 4.31 Å². The van der Waals surface area contributed by atoms with E-state index in [2.05, 4.69) is 5.32 Å². The zero-order valence-electron chi connectivity index (χ0n) is 15.4. The molecule has 0 aromatic rings. The lowest BCUT2D eigenvalue weighted by atomic mass is 10.1. The number of hydrogen-bond donors (Lipinski definition) is 1. The lowest BCUT2D eigenvalue weighted by Gasteiger charge is -2.36. The third kappa shape index (κ3) is 5.54. The fraction of sp³-hybridized carbons (Fsp3) is 0.938. The molecule has 0 spiro atoms. The van der Waals surface area contributed by atoms with E-state index in [-0.39, 0.29) is 18.2 Å². The van der Waals surface area contributed by atoms with Gasteiger partial charge in [0.25, 0.3) is 0 Å². The van der Waals surface area contributed by atoms with Crippen LogP contribution in [0.2, 0.25) is 0 Å². The normalized spacial score (nSPS) is 23.8. The Morgan fingerprint density at radius 2 is 1.96 bits per heavy atom. The largest absolute Gasteiger partial charge is 0.379 e. The molecule has 9 heteroatoms. The molecule has 0 bridgehead atoms. The first-order valence-electron chi connectivity index (χ1n) is 9.08. The van der Waals surface area contributed by atoms with Gasteiger partial charge in [-0.1, -0.05) is 0 Å². The van der Waals surface area contributed by atoms with Crippen molar-refractivity contribution in [3.05, 3.63) is 0 Å². The Morgan fingerprint density at radius 1 is 1.28 bits per heavy atom. The predicted octanol–water partition coefficient (Wildman–Crippen LogP) is 0.636. The van der Waals surface area contributed by atoms with Crippen molar-refractivity contribution in [2.24, 2.45) is 0 Å². The van der Waals surface area contributed by atoms with E-state index >= 15 is 0 Å². The van der Waals surface area contributed by atoms with Crippen LogP contribution in [0, 0.1) is 0 Å². The van der Waals surface area contributed by atoms with Crippen LogP contribution in [-0.4, -0.2) is 87.0 Å². The van der Waals surface area contributed by atoms with Crippen molar-refractivity contribution in [2.45, 2.75) is 51.0 Å². The minimum atomic E-state index is -3.21. The third-order valence-electron chi connectivity index (χ3n) is 4.67. The van der Waals surface area contributed by atoms with Gasteiger partial charge in [0.15, 0.2) is 0 Å². The maximum atomic E-state index is 12.5. The summed E-state index contributed by atoms with van der Waals surface area (Å²) in [6.07, 6.45) is 1.20. The fourth-order valence-electron chi connectivity index (χ4n) is 3.07. The smallest absolute Gasteiger partial charge is 0.317 e. The van der Waals surface area contributed by atoms with Gasteiger partial charge in [-0.05, 0) is 33.6 Å². The minimum absolute atomic E-state index is 0.0132. The van der Waals surface area contributed by atoms with Crippen LogP contribution in [0.5, 0.6) is 0 Å². The molecule has 2 aliphatic rings. The fourth-order valence-corrected chi connectivity index (χ4v) is 4.39. The summed E-state index contributed by atoms with van der Waals surface area (Å²) in [6.45, 7) is 8.95. The molecule has 2 rings (SSSR count). The summed E-state index contributed by atoms with van der Waals surface area (Å²) >= 11 is 0. The second-order valence-corrected chi connectivity index (χ2v) is 9.30. The second-order valence-electron chi connectivity index (χ2n) is 6.81. The molecule has 2 saturated heterocycles. The van der Waals surface area contributed by atoms with Crippen LogP contribution >= 0.6 is 0 Å². The van der Waals surface area contributed by atoms with Gasteiger partial charge in [-0.2, -0.15) is 0 Å². The summed E-state index contributed by atoms with van der Waals surface area (Å²) < 4.78 is 36.9. The molecule has 2 amide bonds. The van der Waals surface area contributed by atoms with Crippen molar-refractivity contribution < 1.29 is 22.7 Å².